The number of hydrogen-bond donors (Lipinski definition) is 8. The van der Waals surface area contributed by atoms with Gasteiger partial charge in [-0.05, 0) is 91.8 Å². The zero-order chi connectivity index (χ0) is 34.1. The minimum Gasteiger partial charge on any atom is -0.393 e. The average Bonchev–Trinajstić information content (AvgIpc) is 3.23. The van der Waals surface area contributed by atoms with E-state index >= 15 is 0 Å². The Morgan fingerprint density at radius 2 is 1.48 bits per heavy atom. The van der Waals surface area contributed by atoms with Crippen LogP contribution in [0.3, 0.4) is 0 Å². The van der Waals surface area contributed by atoms with Crippen LogP contribution in [0.25, 0.3) is 0 Å². The molecule has 1 heterocycles. The summed E-state index contributed by atoms with van der Waals surface area (Å²) in [5.74, 6) is -0.489. The van der Waals surface area contributed by atoms with Gasteiger partial charge in [0, 0.05) is 12.3 Å². The molecule has 5 rings (SSSR count). The van der Waals surface area contributed by atoms with E-state index < -0.39 is 77.2 Å². The highest BCUT2D eigenvalue weighted by Crippen LogP contribution is 2.69. The fraction of sp³-hybridized carbons (Fsp3) is 1.00. The molecule has 4 aliphatic carbocycles. The third-order valence-corrected chi connectivity index (χ3v) is 13.6. The molecule has 1 saturated heterocycles. The van der Waals surface area contributed by atoms with Gasteiger partial charge in [-0.25, -0.2) is 4.18 Å². The number of ether oxygens (including phenoxy) is 2. The van der Waals surface area contributed by atoms with Crippen LogP contribution in [0.5, 0.6) is 0 Å². The van der Waals surface area contributed by atoms with Gasteiger partial charge in [-0.3, -0.25) is 4.55 Å². The molecule has 0 unspecified atom stereocenters. The van der Waals surface area contributed by atoms with Gasteiger partial charge in [0.15, 0.2) is 6.29 Å². The van der Waals surface area contributed by atoms with Crippen LogP contribution < -0.4 is 0 Å². The van der Waals surface area contributed by atoms with Crippen molar-refractivity contribution in [2.75, 3.05) is 0 Å². The number of fused-ring (bicyclic) bond motifs is 5. The molecule has 13 nitrogen and oxygen atoms in total. The number of rotatable bonds is 9. The molecule has 8 N–H and O–H groups in total. The molecule has 5 fully saturated rings. The molecule has 0 spiro atoms. The van der Waals surface area contributed by atoms with Crippen molar-refractivity contribution in [2.24, 2.45) is 46.3 Å². The largest absolute Gasteiger partial charge is 0.399 e. The second-order valence-electron chi connectivity index (χ2n) is 16.1. The van der Waals surface area contributed by atoms with Gasteiger partial charge in [-0.15, -0.1) is 0 Å². The maximum absolute atomic E-state index is 12.5. The van der Waals surface area contributed by atoms with Gasteiger partial charge < -0.3 is 45.2 Å². The summed E-state index contributed by atoms with van der Waals surface area (Å²) in [6.45, 7) is 10.3. The van der Waals surface area contributed by atoms with E-state index in [0.717, 1.165) is 19.3 Å². The van der Waals surface area contributed by atoms with E-state index in [1.807, 2.05) is 13.8 Å². The summed E-state index contributed by atoms with van der Waals surface area (Å²) in [6.07, 6.45) is -6.11. The van der Waals surface area contributed by atoms with Crippen LogP contribution in [-0.2, 0) is 24.1 Å². The van der Waals surface area contributed by atoms with Gasteiger partial charge in [0.2, 0.25) is 6.29 Å². The first-order valence-electron chi connectivity index (χ1n) is 17.0. The van der Waals surface area contributed by atoms with Crippen molar-refractivity contribution in [2.45, 2.75) is 153 Å². The highest BCUT2D eigenvalue weighted by atomic mass is 32.3. The van der Waals surface area contributed by atoms with Gasteiger partial charge in [0.25, 0.3) is 0 Å². The van der Waals surface area contributed by atoms with E-state index in [1.165, 1.54) is 0 Å². The van der Waals surface area contributed by atoms with Gasteiger partial charge >= 0.3 is 10.4 Å². The van der Waals surface area contributed by atoms with Gasteiger partial charge in [0.05, 0.1) is 30.0 Å². The molecular weight excluding hydrogens is 624 g/mol. The zero-order valence-electron chi connectivity index (χ0n) is 27.6. The molecule has 0 amide bonds. The van der Waals surface area contributed by atoms with Crippen molar-refractivity contribution in [1.29, 1.82) is 0 Å². The summed E-state index contributed by atoms with van der Waals surface area (Å²) < 4.78 is 47.2. The summed E-state index contributed by atoms with van der Waals surface area (Å²) >= 11 is 0. The maximum atomic E-state index is 12.5. The summed E-state index contributed by atoms with van der Waals surface area (Å²) in [5, 5.41) is 76.8. The first-order chi connectivity index (χ1) is 21.2. The predicted octanol–water partition coefficient (Wildman–Crippen LogP) is 1.10. The monoisotopic (exact) mass is 680 g/mol. The average molecular weight is 681 g/mol. The van der Waals surface area contributed by atoms with Gasteiger partial charge in [-0.2, -0.15) is 8.42 Å². The molecule has 0 aromatic carbocycles. The fourth-order valence-electron chi connectivity index (χ4n) is 10.9. The van der Waals surface area contributed by atoms with Crippen LogP contribution in [0.1, 0.15) is 92.4 Å². The van der Waals surface area contributed by atoms with Crippen molar-refractivity contribution < 1.29 is 62.4 Å². The SMILES string of the molecule is CC(C)[C@H](CC[C@@H](C)[C@H]1C[C@@H](O)[C@@H]2[C@]1(C)CC[C@@H]1[C@@]3(C)CC[C@H](O)C[C@@H]3[C@@H](O)C[C@]12O)O[C@@H]1O[C@H](OS(=O)(=O)O)[C@@H](O)[C@H](O)[C@H]1O. The lowest BCUT2D eigenvalue weighted by Crippen LogP contribution is -2.68. The maximum Gasteiger partial charge on any atom is 0.399 e. The van der Waals surface area contributed by atoms with Crippen molar-refractivity contribution in [3.8, 4) is 0 Å². The Morgan fingerprint density at radius 3 is 2.11 bits per heavy atom. The Bertz CT molecular complexity index is 1190. The van der Waals surface area contributed by atoms with Gasteiger partial charge in [0.1, 0.15) is 18.3 Å². The van der Waals surface area contributed by atoms with Crippen LogP contribution in [0.4, 0.5) is 0 Å². The Kier molecular flexibility index (Phi) is 10.4. The number of aliphatic hydroxyl groups is 7. The molecular formula is C32H56O13S. The molecule has 14 heteroatoms. The topological polar surface area (TPSA) is 224 Å². The highest BCUT2D eigenvalue weighted by molar-refractivity contribution is 7.80. The lowest BCUT2D eigenvalue weighted by atomic mass is 9.42. The van der Waals surface area contributed by atoms with E-state index in [9.17, 15) is 44.2 Å². The summed E-state index contributed by atoms with van der Waals surface area (Å²) in [4.78, 5) is 0. The molecule has 4 saturated carbocycles. The second-order valence-corrected chi connectivity index (χ2v) is 17.2. The Hall–Kier alpha value is -0.490. The predicted molar refractivity (Wildman–Crippen MR) is 163 cm³/mol. The van der Waals surface area contributed by atoms with Crippen molar-refractivity contribution in [1.82, 2.24) is 0 Å². The third-order valence-electron chi connectivity index (χ3n) is 13.1. The molecule has 268 valence electrons. The quantitative estimate of drug-likeness (QED) is 0.160. The summed E-state index contributed by atoms with van der Waals surface area (Å²) in [5.41, 5.74) is -1.92. The molecule has 1 aliphatic heterocycles. The fourth-order valence-corrected chi connectivity index (χ4v) is 11.3. The van der Waals surface area contributed by atoms with Crippen LogP contribution >= 0.6 is 0 Å². The molecule has 0 aromatic rings. The van der Waals surface area contributed by atoms with E-state index in [0.29, 0.717) is 32.1 Å². The van der Waals surface area contributed by atoms with E-state index in [4.69, 9.17) is 14.0 Å². The van der Waals surface area contributed by atoms with Crippen molar-refractivity contribution in [3.05, 3.63) is 0 Å². The normalized spacial score (nSPS) is 50.8. The molecule has 0 bridgehead atoms. The second kappa shape index (κ2) is 13.0. The van der Waals surface area contributed by atoms with Crippen LogP contribution in [0, 0.1) is 46.3 Å². The minimum absolute atomic E-state index is 0.0715. The zero-order valence-corrected chi connectivity index (χ0v) is 28.4. The smallest absolute Gasteiger partial charge is 0.393 e. The van der Waals surface area contributed by atoms with Crippen LogP contribution in [0.2, 0.25) is 0 Å². The van der Waals surface area contributed by atoms with Crippen molar-refractivity contribution >= 4 is 10.4 Å². The van der Waals surface area contributed by atoms with Crippen LogP contribution in [0.15, 0.2) is 0 Å². The molecule has 0 radical (unpaired) electrons. The van der Waals surface area contributed by atoms with Gasteiger partial charge in [-0.1, -0.05) is 34.6 Å². The number of aliphatic hydroxyl groups excluding tert-OH is 6. The minimum atomic E-state index is -5.04. The first-order valence-corrected chi connectivity index (χ1v) is 18.4. The lowest BCUT2D eigenvalue weighted by Gasteiger charge is -2.66. The molecule has 17 atom stereocenters. The van der Waals surface area contributed by atoms with E-state index in [2.05, 4.69) is 25.0 Å². The van der Waals surface area contributed by atoms with E-state index in [-0.39, 0.29) is 46.8 Å². The van der Waals surface area contributed by atoms with E-state index in [1.54, 1.807) is 0 Å². The lowest BCUT2D eigenvalue weighted by molar-refractivity contribution is -0.344. The summed E-state index contributed by atoms with van der Waals surface area (Å²) in [7, 11) is -5.04. The number of hydrogen-bond acceptors (Lipinski definition) is 12. The van der Waals surface area contributed by atoms with Crippen molar-refractivity contribution in [3.63, 3.8) is 0 Å². The molecule has 5 aliphatic rings. The van der Waals surface area contributed by atoms with Crippen LogP contribution in [-0.4, -0.2) is 110 Å². The Labute approximate surface area is 272 Å². The molecule has 0 aromatic heterocycles. The highest BCUT2D eigenvalue weighted by Gasteiger charge is 2.70. The third kappa shape index (κ3) is 6.44. The molecule has 46 heavy (non-hydrogen) atoms. The Balaban J connectivity index is 1.28. The standard InChI is InChI=1S/C32H56O13S/c1-15(2)22(43-28-25(37)24(36)26(38)29(44-28)45-46(40,41)42)7-6-16(3)18-13-20(34)27-31(18,5)11-9-23-30(4)10-8-17(33)12-19(30)21(35)14-32(23,27)39/h15-29,33-39H,6-14H2,1-5H3,(H,40,41,42)/t16-,17+,18-,19-,20-,21+,22+,23-,24-,25-,26+,27-,28-,29-,30+,31-,32+/m1/s1. The summed E-state index contributed by atoms with van der Waals surface area (Å²) in [6, 6.07) is 0. The Morgan fingerprint density at radius 1 is 0.848 bits per heavy atom. The first kappa shape index (κ1) is 36.8.